The molecular formula is C20H18ClF3N6O4S3. The molecule has 17 heteroatoms. The highest BCUT2D eigenvalue weighted by atomic mass is 35.5. The van der Waals surface area contributed by atoms with Crippen LogP contribution in [0.1, 0.15) is 35.2 Å². The quantitative estimate of drug-likeness (QED) is 0.350. The molecule has 4 heterocycles. The van der Waals surface area contributed by atoms with E-state index in [1.165, 1.54) is 34.9 Å². The first kappa shape index (κ1) is 26.3. The first-order valence-corrected chi connectivity index (χ1v) is 14.1. The van der Waals surface area contributed by atoms with Crippen molar-refractivity contribution in [3.8, 4) is 0 Å². The Morgan fingerprint density at radius 3 is 2.62 bits per heavy atom. The number of aryl methyl sites for hydroxylation is 1. The zero-order valence-electron chi connectivity index (χ0n) is 18.9. The van der Waals surface area contributed by atoms with Crippen molar-refractivity contribution in [3.63, 3.8) is 0 Å². The van der Waals surface area contributed by atoms with E-state index in [2.05, 4.69) is 20.6 Å². The Kier molecular flexibility index (Phi) is 6.96. The van der Waals surface area contributed by atoms with Crippen molar-refractivity contribution in [2.75, 3.05) is 11.5 Å². The van der Waals surface area contributed by atoms with E-state index in [9.17, 15) is 32.7 Å². The number of carbonyl (C=O) groups excluding carboxylic acids is 2. The molecule has 37 heavy (non-hydrogen) atoms. The number of carbonyl (C=O) groups is 3. The van der Waals surface area contributed by atoms with Crippen molar-refractivity contribution >= 4 is 64.2 Å². The summed E-state index contributed by atoms with van der Waals surface area (Å²) in [5, 5.41) is 23.4. The SMILES string of the molecule is Cc1nnc(SCC2=C(C(=O)O)N3C(=O)C(NC(=O)Cn4nc(C(F)(F)F)c(Cl)c4C4CC4)C3SC2)s1. The van der Waals surface area contributed by atoms with Gasteiger partial charge >= 0.3 is 12.1 Å². The van der Waals surface area contributed by atoms with Crippen molar-refractivity contribution in [1.29, 1.82) is 0 Å². The van der Waals surface area contributed by atoms with Crippen LogP contribution in [0.5, 0.6) is 0 Å². The Morgan fingerprint density at radius 2 is 2.03 bits per heavy atom. The van der Waals surface area contributed by atoms with Gasteiger partial charge in [-0.15, -0.1) is 22.0 Å². The van der Waals surface area contributed by atoms with E-state index < -0.39 is 52.6 Å². The number of hydrogen-bond donors (Lipinski definition) is 2. The number of carboxylic acids is 1. The number of aliphatic carboxylic acids is 1. The van der Waals surface area contributed by atoms with Gasteiger partial charge in [0.05, 0.1) is 10.7 Å². The number of rotatable bonds is 8. The van der Waals surface area contributed by atoms with Crippen LogP contribution >= 0.6 is 46.5 Å². The Hall–Kier alpha value is -2.30. The lowest BCUT2D eigenvalue weighted by Crippen LogP contribution is -2.70. The highest BCUT2D eigenvalue weighted by Gasteiger charge is 2.54. The van der Waals surface area contributed by atoms with E-state index in [1.54, 1.807) is 6.92 Å². The van der Waals surface area contributed by atoms with Crippen LogP contribution in [-0.2, 0) is 27.1 Å². The van der Waals surface area contributed by atoms with Crippen LogP contribution in [0, 0.1) is 6.92 Å². The molecule has 2 aliphatic heterocycles. The van der Waals surface area contributed by atoms with Crippen molar-refractivity contribution in [2.24, 2.45) is 0 Å². The second kappa shape index (κ2) is 9.78. The average molecular weight is 595 g/mol. The zero-order chi connectivity index (χ0) is 26.6. The summed E-state index contributed by atoms with van der Waals surface area (Å²) in [4.78, 5) is 38.8. The number of β-lactam (4-membered cyclic amide) rings is 1. The van der Waals surface area contributed by atoms with Gasteiger partial charge in [0.2, 0.25) is 5.91 Å². The molecule has 0 aromatic carbocycles. The minimum atomic E-state index is -4.77. The number of nitrogens with zero attached hydrogens (tertiary/aromatic N) is 5. The van der Waals surface area contributed by atoms with Gasteiger partial charge < -0.3 is 10.4 Å². The number of halogens is 4. The van der Waals surface area contributed by atoms with Gasteiger partial charge in [-0.1, -0.05) is 34.7 Å². The lowest BCUT2D eigenvalue weighted by Gasteiger charge is -2.49. The smallest absolute Gasteiger partial charge is 0.436 e. The molecule has 2 N–H and O–H groups in total. The van der Waals surface area contributed by atoms with Gasteiger partial charge in [-0.05, 0) is 25.3 Å². The van der Waals surface area contributed by atoms with E-state index >= 15 is 0 Å². The molecule has 0 bridgehead atoms. The van der Waals surface area contributed by atoms with Crippen molar-refractivity contribution in [2.45, 2.75) is 54.2 Å². The maximum Gasteiger partial charge on any atom is 0.436 e. The van der Waals surface area contributed by atoms with Gasteiger partial charge in [0.25, 0.3) is 5.91 Å². The molecule has 0 radical (unpaired) electrons. The third kappa shape index (κ3) is 5.07. The first-order chi connectivity index (χ1) is 17.5. The van der Waals surface area contributed by atoms with Gasteiger partial charge in [0.1, 0.15) is 28.7 Å². The molecule has 0 spiro atoms. The highest BCUT2D eigenvalue weighted by molar-refractivity contribution is 8.01. The standard InChI is InChI=1S/C20H18ClF3N6O4S3/c1-7-26-27-19(37-7)36-6-9-5-35-17-12(16(32)30(17)14(9)18(33)34)25-10(31)4-29-13(8-2-3-8)11(21)15(28-29)20(22,23)24/h8,12,17H,2-6H2,1H3,(H,25,31)(H,33,34). The summed E-state index contributed by atoms with van der Waals surface area (Å²) in [7, 11) is 0. The first-order valence-electron chi connectivity index (χ1n) is 10.9. The molecule has 2 unspecified atom stereocenters. The van der Waals surface area contributed by atoms with Crippen LogP contribution in [0.4, 0.5) is 13.2 Å². The van der Waals surface area contributed by atoms with Gasteiger partial charge in [-0.3, -0.25) is 19.2 Å². The summed E-state index contributed by atoms with van der Waals surface area (Å²) in [5.74, 6) is -2.16. The van der Waals surface area contributed by atoms with Crippen LogP contribution in [0.2, 0.25) is 5.02 Å². The topological polar surface area (TPSA) is 130 Å². The fraction of sp³-hybridized carbons (Fsp3) is 0.500. The van der Waals surface area contributed by atoms with Gasteiger partial charge in [-0.2, -0.15) is 18.3 Å². The Morgan fingerprint density at radius 1 is 1.30 bits per heavy atom. The lowest BCUT2D eigenvalue weighted by atomic mass is 10.0. The number of hydrogen-bond acceptors (Lipinski definition) is 9. The van der Waals surface area contributed by atoms with Gasteiger partial charge in [0.15, 0.2) is 10.0 Å². The molecule has 2 aromatic heterocycles. The van der Waals surface area contributed by atoms with Crippen LogP contribution in [-0.4, -0.2) is 70.7 Å². The summed E-state index contributed by atoms with van der Waals surface area (Å²) < 4.78 is 41.5. The largest absolute Gasteiger partial charge is 0.477 e. The Bertz CT molecular complexity index is 1320. The average Bonchev–Trinajstić information content (AvgIpc) is 3.48. The van der Waals surface area contributed by atoms with Gasteiger partial charge in [0, 0.05) is 17.4 Å². The maximum atomic E-state index is 13.3. The van der Waals surface area contributed by atoms with E-state index in [0.717, 1.165) is 14.6 Å². The summed E-state index contributed by atoms with van der Waals surface area (Å²) >= 11 is 9.95. The molecular weight excluding hydrogens is 577 g/mol. The predicted octanol–water partition coefficient (Wildman–Crippen LogP) is 3.12. The number of alkyl halides is 3. The molecule has 10 nitrogen and oxygen atoms in total. The lowest BCUT2D eigenvalue weighted by molar-refractivity contribution is -0.150. The third-order valence-corrected chi connectivity index (χ3v) is 9.67. The number of amides is 2. The molecule has 1 saturated carbocycles. The summed E-state index contributed by atoms with van der Waals surface area (Å²) in [6, 6.07) is -1.01. The minimum Gasteiger partial charge on any atom is -0.477 e. The fourth-order valence-corrected chi connectivity index (χ4v) is 7.83. The molecule has 2 aromatic rings. The number of fused-ring (bicyclic) bond motifs is 1. The van der Waals surface area contributed by atoms with Crippen molar-refractivity contribution in [1.82, 2.24) is 30.2 Å². The second-order valence-electron chi connectivity index (χ2n) is 8.57. The third-order valence-electron chi connectivity index (χ3n) is 5.90. The monoisotopic (exact) mass is 594 g/mol. The van der Waals surface area contributed by atoms with Crippen LogP contribution in [0.25, 0.3) is 0 Å². The molecule has 2 fully saturated rings. The summed E-state index contributed by atoms with van der Waals surface area (Å²) in [6.07, 6.45) is -3.48. The van der Waals surface area contributed by atoms with Gasteiger partial charge in [-0.25, -0.2) is 4.79 Å². The van der Waals surface area contributed by atoms with Crippen molar-refractivity contribution in [3.05, 3.63) is 32.7 Å². The van der Waals surface area contributed by atoms with E-state index in [-0.39, 0.29) is 17.3 Å². The van der Waals surface area contributed by atoms with Crippen molar-refractivity contribution < 1.29 is 32.7 Å². The molecule has 1 saturated heterocycles. The number of thioether (sulfide) groups is 2. The van der Waals surface area contributed by atoms with Crippen LogP contribution in [0.3, 0.4) is 0 Å². The van der Waals surface area contributed by atoms with E-state index in [0.29, 0.717) is 34.3 Å². The van der Waals surface area contributed by atoms with E-state index in [1.807, 2.05) is 0 Å². The molecule has 198 valence electrons. The summed E-state index contributed by atoms with van der Waals surface area (Å²) in [6.45, 7) is 1.26. The molecule has 2 amide bonds. The normalized spacial score (nSPS) is 21.6. The Labute approximate surface area is 225 Å². The molecule has 3 aliphatic rings. The zero-order valence-corrected chi connectivity index (χ0v) is 22.1. The Balaban J connectivity index is 1.28. The van der Waals surface area contributed by atoms with E-state index in [4.69, 9.17) is 11.6 Å². The molecule has 2 atom stereocenters. The predicted molar refractivity (Wildman–Crippen MR) is 129 cm³/mol. The second-order valence-corrected chi connectivity index (χ2v) is 12.5. The summed E-state index contributed by atoms with van der Waals surface area (Å²) in [5.41, 5.74) is -0.674. The minimum absolute atomic E-state index is 0.127. The highest BCUT2D eigenvalue weighted by Crippen LogP contribution is 2.47. The van der Waals surface area contributed by atoms with Crippen LogP contribution < -0.4 is 5.32 Å². The maximum absolute atomic E-state index is 13.3. The molecule has 1 aliphatic carbocycles. The number of carboxylic acid groups (broad SMARTS) is 1. The van der Waals surface area contributed by atoms with Crippen LogP contribution in [0.15, 0.2) is 15.6 Å². The molecule has 5 rings (SSSR count). The number of aromatic nitrogens is 4. The number of nitrogens with one attached hydrogen (secondary N) is 1. The fourth-order valence-electron chi connectivity index (χ4n) is 4.14.